The van der Waals surface area contributed by atoms with Crippen LogP contribution in [0.5, 0.6) is 0 Å². The molecule has 0 radical (unpaired) electrons. The normalized spacial score (nSPS) is 10.9. The van der Waals surface area contributed by atoms with E-state index in [1.807, 2.05) is 38.1 Å². The maximum Gasteiger partial charge on any atom is 0.266 e. The molecule has 0 atom stereocenters. The molecule has 100 valence electrons. The Hall–Kier alpha value is -2.80. The van der Waals surface area contributed by atoms with Gasteiger partial charge in [0.05, 0.1) is 6.26 Å². The first-order valence-electron chi connectivity index (χ1n) is 6.14. The summed E-state index contributed by atoms with van der Waals surface area (Å²) in [6.07, 6.45) is 2.91. The maximum absolute atomic E-state index is 12.1. The predicted octanol–water partition coefficient (Wildman–Crippen LogP) is 3.44. The van der Waals surface area contributed by atoms with Crippen molar-refractivity contribution in [3.8, 4) is 6.07 Å². The number of aryl methyl sites for hydroxylation is 1. The highest BCUT2D eigenvalue weighted by Crippen LogP contribution is 2.19. The molecule has 0 fully saturated rings. The summed E-state index contributed by atoms with van der Waals surface area (Å²) in [5.74, 6) is 0.0234. The van der Waals surface area contributed by atoms with Crippen molar-refractivity contribution in [3.05, 3.63) is 59.1 Å². The van der Waals surface area contributed by atoms with Gasteiger partial charge in [0, 0.05) is 11.8 Å². The first kappa shape index (κ1) is 13.6. The number of nitrogens with one attached hydrogen (secondary N) is 1. The summed E-state index contributed by atoms with van der Waals surface area (Å²) in [6.45, 7) is 3.89. The van der Waals surface area contributed by atoms with E-state index in [9.17, 15) is 4.79 Å². The van der Waals surface area contributed by atoms with Crippen molar-refractivity contribution in [2.75, 3.05) is 5.32 Å². The van der Waals surface area contributed by atoms with Gasteiger partial charge in [0.1, 0.15) is 17.4 Å². The Balaban J connectivity index is 2.23. The minimum atomic E-state index is -0.447. The third-order valence-corrected chi connectivity index (χ3v) is 3.05. The van der Waals surface area contributed by atoms with Crippen molar-refractivity contribution in [3.63, 3.8) is 0 Å². The van der Waals surface area contributed by atoms with Crippen LogP contribution in [0.2, 0.25) is 0 Å². The van der Waals surface area contributed by atoms with Crippen molar-refractivity contribution in [1.82, 2.24) is 0 Å². The lowest BCUT2D eigenvalue weighted by molar-refractivity contribution is -0.112. The van der Waals surface area contributed by atoms with Crippen molar-refractivity contribution >= 4 is 17.7 Å². The van der Waals surface area contributed by atoms with Gasteiger partial charge in [-0.25, -0.2) is 0 Å². The van der Waals surface area contributed by atoms with E-state index in [0.29, 0.717) is 11.4 Å². The van der Waals surface area contributed by atoms with Crippen LogP contribution in [-0.2, 0) is 4.79 Å². The zero-order chi connectivity index (χ0) is 14.5. The van der Waals surface area contributed by atoms with Gasteiger partial charge in [-0.3, -0.25) is 4.79 Å². The van der Waals surface area contributed by atoms with Crippen molar-refractivity contribution in [1.29, 1.82) is 5.26 Å². The molecule has 1 amide bonds. The first-order valence-corrected chi connectivity index (χ1v) is 6.14. The quantitative estimate of drug-likeness (QED) is 0.683. The van der Waals surface area contributed by atoms with Crippen molar-refractivity contribution in [2.24, 2.45) is 0 Å². The molecule has 20 heavy (non-hydrogen) atoms. The minimum Gasteiger partial charge on any atom is -0.465 e. The molecule has 0 bridgehead atoms. The average Bonchev–Trinajstić information content (AvgIpc) is 2.94. The maximum atomic E-state index is 12.1. The third-order valence-electron chi connectivity index (χ3n) is 3.05. The lowest BCUT2D eigenvalue weighted by Gasteiger charge is -2.09. The van der Waals surface area contributed by atoms with E-state index >= 15 is 0 Å². The summed E-state index contributed by atoms with van der Waals surface area (Å²) < 4.78 is 5.10. The second-order valence-electron chi connectivity index (χ2n) is 4.39. The second kappa shape index (κ2) is 5.89. The molecule has 4 nitrogen and oxygen atoms in total. The molecule has 2 rings (SSSR count). The van der Waals surface area contributed by atoms with Crippen LogP contribution in [-0.4, -0.2) is 5.91 Å². The zero-order valence-corrected chi connectivity index (χ0v) is 11.3. The van der Waals surface area contributed by atoms with Crippen LogP contribution in [0, 0.1) is 25.2 Å². The Bertz CT molecular complexity index is 692. The smallest absolute Gasteiger partial charge is 0.266 e. The lowest BCUT2D eigenvalue weighted by atomic mass is 10.1. The van der Waals surface area contributed by atoms with Crippen LogP contribution >= 0.6 is 0 Å². The van der Waals surface area contributed by atoms with Gasteiger partial charge in [0.2, 0.25) is 0 Å². The molecular formula is C16H14N2O2. The van der Waals surface area contributed by atoms with Gasteiger partial charge < -0.3 is 9.73 Å². The molecule has 1 aromatic heterocycles. The lowest BCUT2D eigenvalue weighted by Crippen LogP contribution is -2.14. The molecule has 1 heterocycles. The number of anilines is 1. The van der Waals surface area contributed by atoms with Gasteiger partial charge in [-0.15, -0.1) is 0 Å². The number of carbonyl (C=O) groups is 1. The van der Waals surface area contributed by atoms with E-state index in [2.05, 4.69) is 5.32 Å². The molecule has 0 aliphatic heterocycles. The second-order valence-corrected chi connectivity index (χ2v) is 4.39. The van der Waals surface area contributed by atoms with Crippen LogP contribution in [0.1, 0.15) is 16.9 Å². The van der Waals surface area contributed by atoms with Gasteiger partial charge in [-0.2, -0.15) is 5.26 Å². The number of nitrogens with zero attached hydrogens (tertiary/aromatic N) is 1. The highest BCUT2D eigenvalue weighted by Gasteiger charge is 2.11. The number of furan rings is 1. The highest BCUT2D eigenvalue weighted by molar-refractivity contribution is 6.09. The van der Waals surface area contributed by atoms with Gasteiger partial charge >= 0.3 is 0 Å². The predicted molar refractivity (Wildman–Crippen MR) is 76.8 cm³/mol. The van der Waals surface area contributed by atoms with Crippen LogP contribution in [0.4, 0.5) is 5.69 Å². The Morgan fingerprint density at radius 1 is 1.30 bits per heavy atom. The average molecular weight is 266 g/mol. The molecule has 0 aliphatic rings. The molecule has 0 saturated heterocycles. The molecular weight excluding hydrogens is 252 g/mol. The Kier molecular flexibility index (Phi) is 4.02. The number of benzene rings is 1. The summed E-state index contributed by atoms with van der Waals surface area (Å²) in [5.41, 5.74) is 2.77. The third kappa shape index (κ3) is 2.96. The van der Waals surface area contributed by atoms with Crippen LogP contribution in [0.15, 0.2) is 46.6 Å². The van der Waals surface area contributed by atoms with Crippen molar-refractivity contribution < 1.29 is 9.21 Å². The number of nitriles is 1. The number of amides is 1. The molecule has 0 saturated carbocycles. The summed E-state index contributed by atoms with van der Waals surface area (Å²) in [4.78, 5) is 12.1. The topological polar surface area (TPSA) is 66.0 Å². The van der Waals surface area contributed by atoms with Gasteiger partial charge in [0.15, 0.2) is 0 Å². The van der Waals surface area contributed by atoms with E-state index in [1.54, 1.807) is 12.1 Å². The molecule has 0 aliphatic carbocycles. The first-order chi connectivity index (χ1) is 9.61. The minimum absolute atomic E-state index is 0.000793. The molecule has 0 spiro atoms. The summed E-state index contributed by atoms with van der Waals surface area (Å²) in [5, 5.41) is 11.8. The fraction of sp³-hybridized carbons (Fsp3) is 0.125. The monoisotopic (exact) mass is 266 g/mol. The molecule has 1 N–H and O–H groups in total. The number of rotatable bonds is 3. The Morgan fingerprint density at radius 2 is 2.10 bits per heavy atom. The fourth-order valence-electron chi connectivity index (χ4n) is 1.74. The molecule has 0 unspecified atom stereocenters. The van der Waals surface area contributed by atoms with Gasteiger partial charge in [0.25, 0.3) is 5.91 Å². The Labute approximate surface area is 117 Å². The van der Waals surface area contributed by atoms with Gasteiger partial charge in [-0.05, 0) is 43.2 Å². The van der Waals surface area contributed by atoms with E-state index in [0.717, 1.165) is 11.1 Å². The van der Waals surface area contributed by atoms with E-state index in [-0.39, 0.29) is 5.57 Å². The summed E-state index contributed by atoms with van der Waals surface area (Å²) in [7, 11) is 0. The fourth-order valence-corrected chi connectivity index (χ4v) is 1.74. The molecule has 4 heteroatoms. The number of carbonyl (C=O) groups excluding carboxylic acids is 1. The van der Waals surface area contributed by atoms with E-state index < -0.39 is 5.91 Å². The molecule has 1 aromatic carbocycles. The van der Waals surface area contributed by atoms with Gasteiger partial charge in [-0.1, -0.05) is 12.1 Å². The van der Waals surface area contributed by atoms with E-state index in [4.69, 9.17) is 9.68 Å². The number of hydrogen-bond donors (Lipinski definition) is 1. The largest absolute Gasteiger partial charge is 0.465 e. The van der Waals surface area contributed by atoms with Crippen LogP contribution in [0.3, 0.4) is 0 Å². The van der Waals surface area contributed by atoms with Crippen LogP contribution in [0.25, 0.3) is 6.08 Å². The van der Waals surface area contributed by atoms with E-state index in [1.165, 1.54) is 12.3 Å². The van der Waals surface area contributed by atoms with Crippen molar-refractivity contribution in [2.45, 2.75) is 13.8 Å². The zero-order valence-electron chi connectivity index (χ0n) is 11.3. The SMILES string of the molecule is Cc1cccc(NC(=O)/C(C#N)=C/c2ccco2)c1C. The molecule has 2 aromatic rings. The number of hydrogen-bond acceptors (Lipinski definition) is 3. The standard InChI is InChI=1S/C16H14N2O2/c1-11-5-3-7-15(12(11)2)18-16(19)13(10-17)9-14-6-4-8-20-14/h3-9H,1-2H3,(H,18,19)/b13-9+. The van der Waals surface area contributed by atoms with Crippen LogP contribution < -0.4 is 5.32 Å². The summed E-state index contributed by atoms with van der Waals surface area (Å²) >= 11 is 0. The Morgan fingerprint density at radius 3 is 2.75 bits per heavy atom. The summed E-state index contributed by atoms with van der Waals surface area (Å²) in [6, 6.07) is 10.9. The highest BCUT2D eigenvalue weighted by atomic mass is 16.3.